The number of carbonyl (C=O) groups is 2. The van der Waals surface area contributed by atoms with Gasteiger partial charge in [0, 0.05) is 50.0 Å². The van der Waals surface area contributed by atoms with Gasteiger partial charge in [0.15, 0.2) is 6.39 Å². The fourth-order valence-corrected chi connectivity index (χ4v) is 4.18. The van der Waals surface area contributed by atoms with Crippen LogP contribution in [0.5, 0.6) is 0 Å². The third-order valence-corrected chi connectivity index (χ3v) is 5.96. The topological polar surface area (TPSA) is 100 Å². The highest BCUT2D eigenvalue weighted by molar-refractivity contribution is 5.91. The summed E-state index contributed by atoms with van der Waals surface area (Å²) < 4.78 is 5.06. The maximum atomic E-state index is 12.6. The van der Waals surface area contributed by atoms with Crippen molar-refractivity contribution in [3.05, 3.63) is 47.9 Å². The molecule has 0 bridgehead atoms. The highest BCUT2D eigenvalue weighted by atomic mass is 16.3. The van der Waals surface area contributed by atoms with Crippen LogP contribution in [0.4, 0.5) is 0 Å². The van der Waals surface area contributed by atoms with Gasteiger partial charge in [0.05, 0.1) is 6.20 Å². The molecule has 2 atom stereocenters. The zero-order valence-corrected chi connectivity index (χ0v) is 17.3. The van der Waals surface area contributed by atoms with Gasteiger partial charge in [-0.1, -0.05) is 0 Å². The molecule has 4 rings (SSSR count). The van der Waals surface area contributed by atoms with Crippen molar-refractivity contribution < 1.29 is 14.0 Å². The zero-order valence-electron chi connectivity index (χ0n) is 17.3. The van der Waals surface area contributed by atoms with Crippen LogP contribution >= 0.6 is 0 Å². The minimum Gasteiger partial charge on any atom is -0.438 e. The molecule has 2 fully saturated rings. The smallest absolute Gasteiger partial charge is 0.288 e. The molecule has 0 aromatic carbocycles. The number of pyridine rings is 1. The predicted octanol–water partition coefficient (Wildman–Crippen LogP) is 2.06. The molecule has 2 aromatic rings. The van der Waals surface area contributed by atoms with Crippen LogP contribution in [-0.4, -0.2) is 51.9 Å². The number of likely N-dealkylation sites (tertiary alicyclic amines) is 1. The minimum atomic E-state index is -0.243. The van der Waals surface area contributed by atoms with Gasteiger partial charge in [0.1, 0.15) is 0 Å². The Morgan fingerprint density at radius 2 is 2.03 bits per heavy atom. The lowest BCUT2D eigenvalue weighted by atomic mass is 10.1. The molecular formula is C22H29N5O3. The number of hydrogen-bond donors (Lipinski definition) is 2. The summed E-state index contributed by atoms with van der Waals surface area (Å²) in [4.78, 5) is 35.2. The van der Waals surface area contributed by atoms with E-state index in [9.17, 15) is 9.59 Å². The number of aryl methyl sites for hydroxylation is 1. The van der Waals surface area contributed by atoms with Crippen molar-refractivity contribution in [3.8, 4) is 0 Å². The van der Waals surface area contributed by atoms with Gasteiger partial charge in [0.2, 0.25) is 11.7 Å². The van der Waals surface area contributed by atoms with Crippen molar-refractivity contribution in [1.82, 2.24) is 25.5 Å². The second-order valence-electron chi connectivity index (χ2n) is 8.39. The molecule has 1 aliphatic heterocycles. The molecule has 30 heavy (non-hydrogen) atoms. The maximum Gasteiger partial charge on any atom is 0.288 e. The maximum absolute atomic E-state index is 12.6. The summed E-state index contributed by atoms with van der Waals surface area (Å²) in [6.07, 6.45) is 9.39. The van der Waals surface area contributed by atoms with Crippen LogP contribution in [0, 0.1) is 12.8 Å². The van der Waals surface area contributed by atoms with Crippen LogP contribution < -0.4 is 10.6 Å². The molecule has 8 nitrogen and oxygen atoms in total. The third-order valence-electron chi connectivity index (χ3n) is 5.96. The van der Waals surface area contributed by atoms with Crippen LogP contribution in [0.2, 0.25) is 0 Å². The van der Waals surface area contributed by atoms with Crippen molar-refractivity contribution in [2.45, 2.75) is 57.7 Å². The number of oxazole rings is 1. The van der Waals surface area contributed by atoms with Gasteiger partial charge in [-0.2, -0.15) is 0 Å². The van der Waals surface area contributed by atoms with Gasteiger partial charge in [-0.05, 0) is 56.2 Å². The number of nitrogens with one attached hydrogen (secondary N) is 2. The lowest BCUT2D eigenvalue weighted by molar-refractivity contribution is -0.122. The van der Waals surface area contributed by atoms with E-state index in [-0.39, 0.29) is 29.7 Å². The quantitative estimate of drug-likeness (QED) is 0.655. The number of amides is 2. The van der Waals surface area contributed by atoms with Crippen molar-refractivity contribution >= 4 is 11.8 Å². The van der Waals surface area contributed by atoms with Crippen LogP contribution in [0.25, 0.3) is 0 Å². The first-order valence-electron chi connectivity index (χ1n) is 10.7. The van der Waals surface area contributed by atoms with Crippen molar-refractivity contribution in [2.75, 3.05) is 13.1 Å². The summed E-state index contributed by atoms with van der Waals surface area (Å²) in [5, 5.41) is 6.00. The Bertz CT molecular complexity index is 865. The van der Waals surface area contributed by atoms with E-state index in [1.807, 2.05) is 19.1 Å². The Morgan fingerprint density at radius 3 is 2.77 bits per heavy atom. The molecule has 160 valence electrons. The van der Waals surface area contributed by atoms with Crippen LogP contribution in [-0.2, 0) is 11.3 Å². The first kappa shape index (κ1) is 20.5. The molecule has 8 heteroatoms. The van der Waals surface area contributed by atoms with E-state index in [4.69, 9.17) is 4.42 Å². The molecule has 0 unspecified atom stereocenters. The Hall–Kier alpha value is -2.74. The van der Waals surface area contributed by atoms with E-state index in [0.717, 1.165) is 36.6 Å². The average Bonchev–Trinajstić information content (AvgIpc) is 3.23. The number of hydrogen-bond acceptors (Lipinski definition) is 6. The predicted molar refractivity (Wildman–Crippen MR) is 111 cm³/mol. The highest BCUT2D eigenvalue weighted by Crippen LogP contribution is 2.35. The van der Waals surface area contributed by atoms with Crippen LogP contribution in [0.15, 0.2) is 35.3 Å². The summed E-state index contributed by atoms with van der Waals surface area (Å²) in [5.74, 6) is 0.777. The van der Waals surface area contributed by atoms with E-state index < -0.39 is 0 Å². The van der Waals surface area contributed by atoms with Crippen LogP contribution in [0.3, 0.4) is 0 Å². The molecule has 2 amide bonds. The molecule has 1 aliphatic carbocycles. The number of nitrogens with zero attached hydrogens (tertiary/aromatic N) is 3. The highest BCUT2D eigenvalue weighted by Gasteiger charge is 2.38. The van der Waals surface area contributed by atoms with Crippen molar-refractivity contribution in [3.63, 3.8) is 0 Å². The molecule has 2 aliphatic rings. The fourth-order valence-electron chi connectivity index (χ4n) is 4.18. The summed E-state index contributed by atoms with van der Waals surface area (Å²) >= 11 is 0. The third kappa shape index (κ3) is 5.44. The molecule has 1 saturated heterocycles. The Morgan fingerprint density at radius 1 is 1.20 bits per heavy atom. The number of rotatable bonds is 9. The summed E-state index contributed by atoms with van der Waals surface area (Å²) in [6, 6.07) is 4.38. The van der Waals surface area contributed by atoms with E-state index in [0.29, 0.717) is 19.5 Å². The lowest BCUT2D eigenvalue weighted by Gasteiger charge is -2.30. The molecule has 2 N–H and O–H groups in total. The zero-order chi connectivity index (χ0) is 20.9. The fraction of sp³-hybridized carbons (Fsp3) is 0.545. The summed E-state index contributed by atoms with van der Waals surface area (Å²) in [6.45, 7) is 4.03. The summed E-state index contributed by atoms with van der Waals surface area (Å²) in [5.41, 5.74) is 2.01. The Balaban J connectivity index is 1.29. The van der Waals surface area contributed by atoms with Crippen LogP contribution in [0.1, 0.15) is 53.9 Å². The standard InChI is InChI=1S/C22H29N5O3/c1-15-8-17(6-7-24-15)10-25-21(28)9-18-4-5-19(27(18)13-16-2-3-16)11-26-22(29)20-12-23-14-30-20/h6-8,12,14,16,18-19H,2-5,9-11,13H2,1H3,(H,25,28)(H,26,29)/t18-,19+/m1/s1. The van der Waals surface area contributed by atoms with Gasteiger partial charge >= 0.3 is 0 Å². The second kappa shape index (κ2) is 9.38. The minimum absolute atomic E-state index is 0.0709. The first-order valence-corrected chi connectivity index (χ1v) is 10.7. The van der Waals surface area contributed by atoms with E-state index in [1.165, 1.54) is 25.4 Å². The largest absolute Gasteiger partial charge is 0.438 e. The SMILES string of the molecule is Cc1cc(CNC(=O)C[C@H]2CC[C@@H](CNC(=O)c3cnco3)N2CC2CC2)ccn1. The number of aromatic nitrogens is 2. The van der Waals surface area contributed by atoms with Gasteiger partial charge in [-0.25, -0.2) is 4.98 Å². The number of carbonyl (C=O) groups excluding carboxylic acids is 2. The molecule has 0 spiro atoms. The summed E-state index contributed by atoms with van der Waals surface area (Å²) in [7, 11) is 0. The van der Waals surface area contributed by atoms with Gasteiger partial charge in [-0.15, -0.1) is 0 Å². The normalized spacial score (nSPS) is 21.5. The van der Waals surface area contributed by atoms with E-state index in [1.54, 1.807) is 6.20 Å². The molecule has 0 radical (unpaired) electrons. The van der Waals surface area contributed by atoms with Gasteiger partial charge in [-0.3, -0.25) is 19.5 Å². The van der Waals surface area contributed by atoms with Gasteiger partial charge < -0.3 is 15.1 Å². The van der Waals surface area contributed by atoms with Gasteiger partial charge in [0.25, 0.3) is 5.91 Å². The molecule has 2 aromatic heterocycles. The first-order chi connectivity index (χ1) is 14.6. The lowest BCUT2D eigenvalue weighted by Crippen LogP contribution is -2.45. The second-order valence-corrected chi connectivity index (χ2v) is 8.39. The van der Waals surface area contributed by atoms with E-state index >= 15 is 0 Å². The van der Waals surface area contributed by atoms with Crippen molar-refractivity contribution in [1.29, 1.82) is 0 Å². The monoisotopic (exact) mass is 411 g/mol. The average molecular weight is 412 g/mol. The molecule has 3 heterocycles. The molecular weight excluding hydrogens is 382 g/mol. The Kier molecular flexibility index (Phi) is 6.42. The Labute approximate surface area is 176 Å². The van der Waals surface area contributed by atoms with E-state index in [2.05, 4.69) is 25.5 Å². The molecule has 1 saturated carbocycles. The van der Waals surface area contributed by atoms with Crippen molar-refractivity contribution in [2.24, 2.45) is 5.92 Å².